The van der Waals surface area contributed by atoms with Crippen molar-refractivity contribution in [2.24, 2.45) is 0 Å². The Hall–Kier alpha value is -3.06. The minimum Gasteiger partial charge on any atom is -0.467 e. The Balaban J connectivity index is 1.93. The molecule has 27 heavy (non-hydrogen) atoms. The van der Waals surface area contributed by atoms with Gasteiger partial charge in [0.15, 0.2) is 6.61 Å². The second-order valence-corrected chi connectivity index (χ2v) is 6.05. The number of benzene rings is 2. The maximum atomic E-state index is 12.1. The third-order valence-corrected chi connectivity index (χ3v) is 4.01. The van der Waals surface area contributed by atoms with E-state index in [1.54, 1.807) is 0 Å². The number of rotatable bonds is 7. The van der Waals surface area contributed by atoms with Gasteiger partial charge in [-0.15, -0.1) is 0 Å². The summed E-state index contributed by atoms with van der Waals surface area (Å²) in [5.41, 5.74) is 6.87. The number of anilines is 1. The number of amides is 1. The monoisotopic (exact) mass is 390 g/mol. The van der Waals surface area contributed by atoms with Gasteiger partial charge in [-0.2, -0.15) is 0 Å². The second kappa shape index (κ2) is 9.59. The molecule has 0 heterocycles. The fraction of sp³-hybridized carbons (Fsp3) is 0.211. The van der Waals surface area contributed by atoms with E-state index in [9.17, 15) is 14.4 Å². The van der Waals surface area contributed by atoms with Crippen molar-refractivity contribution in [2.45, 2.75) is 12.5 Å². The van der Waals surface area contributed by atoms with E-state index in [1.165, 1.54) is 25.3 Å². The Labute approximate surface area is 161 Å². The van der Waals surface area contributed by atoms with Crippen molar-refractivity contribution in [3.63, 3.8) is 0 Å². The Morgan fingerprint density at radius 1 is 1.15 bits per heavy atom. The van der Waals surface area contributed by atoms with Crippen LogP contribution in [-0.2, 0) is 25.5 Å². The molecule has 0 aliphatic heterocycles. The molecule has 1 atom stereocenters. The topological polar surface area (TPSA) is 108 Å². The van der Waals surface area contributed by atoms with Crippen molar-refractivity contribution in [1.82, 2.24) is 5.32 Å². The van der Waals surface area contributed by atoms with Gasteiger partial charge in [0.1, 0.15) is 6.04 Å². The van der Waals surface area contributed by atoms with Crippen LogP contribution in [0.4, 0.5) is 5.69 Å². The number of hydrogen-bond acceptors (Lipinski definition) is 6. The van der Waals surface area contributed by atoms with Crippen LogP contribution in [0.3, 0.4) is 0 Å². The van der Waals surface area contributed by atoms with Crippen molar-refractivity contribution in [3.05, 3.63) is 64.7 Å². The molecule has 0 aliphatic carbocycles. The average molecular weight is 391 g/mol. The van der Waals surface area contributed by atoms with Gasteiger partial charge in [-0.3, -0.25) is 4.79 Å². The number of halogens is 1. The molecule has 0 aliphatic rings. The first-order valence-corrected chi connectivity index (χ1v) is 8.41. The second-order valence-electron chi connectivity index (χ2n) is 5.65. The zero-order valence-electron chi connectivity index (χ0n) is 14.6. The van der Waals surface area contributed by atoms with E-state index in [0.29, 0.717) is 5.02 Å². The molecule has 0 unspecified atom stereocenters. The van der Waals surface area contributed by atoms with Gasteiger partial charge in [-0.25, -0.2) is 9.59 Å². The molecule has 7 nitrogen and oxygen atoms in total. The summed E-state index contributed by atoms with van der Waals surface area (Å²) < 4.78 is 9.66. The highest BCUT2D eigenvalue weighted by Crippen LogP contribution is 2.19. The van der Waals surface area contributed by atoms with E-state index in [4.69, 9.17) is 26.8 Å². The van der Waals surface area contributed by atoms with E-state index in [0.717, 1.165) is 5.56 Å². The first-order chi connectivity index (χ1) is 12.9. The number of hydrogen-bond donors (Lipinski definition) is 2. The molecule has 0 fully saturated rings. The molecule has 2 rings (SSSR count). The highest BCUT2D eigenvalue weighted by molar-refractivity contribution is 6.33. The number of nitrogens with one attached hydrogen (secondary N) is 1. The summed E-state index contributed by atoms with van der Waals surface area (Å²) in [5.74, 6) is -1.95. The van der Waals surface area contributed by atoms with E-state index < -0.39 is 30.5 Å². The predicted molar refractivity (Wildman–Crippen MR) is 100 cm³/mol. The zero-order chi connectivity index (χ0) is 19.8. The summed E-state index contributed by atoms with van der Waals surface area (Å²) in [7, 11) is 1.23. The zero-order valence-corrected chi connectivity index (χ0v) is 15.4. The first kappa shape index (κ1) is 20.3. The van der Waals surface area contributed by atoms with Crippen LogP contribution in [0.15, 0.2) is 48.5 Å². The van der Waals surface area contributed by atoms with Crippen molar-refractivity contribution in [3.8, 4) is 0 Å². The third-order valence-electron chi connectivity index (χ3n) is 3.67. The van der Waals surface area contributed by atoms with Gasteiger partial charge in [0.2, 0.25) is 0 Å². The van der Waals surface area contributed by atoms with Crippen LogP contribution in [0.1, 0.15) is 15.9 Å². The number of carbonyl (C=O) groups excluding carboxylic acids is 3. The predicted octanol–water partition coefficient (Wildman–Crippen LogP) is 1.98. The molecule has 8 heteroatoms. The SMILES string of the molecule is COC(=O)[C@@H](Cc1ccccc1)NC(=O)COC(=O)c1ccc(Cl)c(N)c1. The molecule has 0 spiro atoms. The quantitative estimate of drug-likeness (QED) is 0.553. The van der Waals surface area contributed by atoms with Gasteiger partial charge >= 0.3 is 11.9 Å². The maximum Gasteiger partial charge on any atom is 0.338 e. The number of nitrogen functional groups attached to an aromatic ring is 1. The van der Waals surface area contributed by atoms with E-state index in [2.05, 4.69) is 5.32 Å². The molecule has 1 amide bonds. The molecule has 142 valence electrons. The van der Waals surface area contributed by atoms with Crippen LogP contribution in [0, 0.1) is 0 Å². The molecule has 0 saturated heterocycles. The lowest BCUT2D eigenvalue weighted by atomic mass is 10.1. The van der Waals surface area contributed by atoms with Crippen molar-refractivity contribution >= 4 is 35.1 Å². The molecule has 0 aromatic heterocycles. The summed E-state index contributed by atoms with van der Waals surface area (Å²) in [6.07, 6.45) is 0.251. The standard InChI is InChI=1S/C19H19ClN2O5/c1-26-19(25)16(9-12-5-3-2-4-6-12)22-17(23)11-27-18(24)13-7-8-14(20)15(21)10-13/h2-8,10,16H,9,11,21H2,1H3,(H,22,23)/t16-/m1/s1. The summed E-state index contributed by atoms with van der Waals surface area (Å²) in [6.45, 7) is -0.552. The lowest BCUT2D eigenvalue weighted by Gasteiger charge is -2.16. The van der Waals surface area contributed by atoms with E-state index in [1.807, 2.05) is 30.3 Å². The Morgan fingerprint density at radius 2 is 1.85 bits per heavy atom. The maximum absolute atomic E-state index is 12.1. The average Bonchev–Trinajstić information content (AvgIpc) is 2.67. The van der Waals surface area contributed by atoms with Gasteiger partial charge in [0.25, 0.3) is 5.91 Å². The van der Waals surface area contributed by atoms with Crippen molar-refractivity contribution in [2.75, 3.05) is 19.5 Å². The van der Waals surface area contributed by atoms with Crippen LogP contribution in [-0.4, -0.2) is 37.6 Å². The van der Waals surface area contributed by atoms with Crippen molar-refractivity contribution in [1.29, 1.82) is 0 Å². The largest absolute Gasteiger partial charge is 0.467 e. The van der Waals surface area contributed by atoms with Gasteiger partial charge in [0, 0.05) is 6.42 Å². The molecule has 2 aromatic rings. The van der Waals surface area contributed by atoms with E-state index >= 15 is 0 Å². The summed E-state index contributed by atoms with van der Waals surface area (Å²) in [5, 5.41) is 2.82. The smallest absolute Gasteiger partial charge is 0.338 e. The van der Waals surface area contributed by atoms with Gasteiger partial charge in [-0.1, -0.05) is 41.9 Å². The first-order valence-electron chi connectivity index (χ1n) is 8.04. The van der Waals surface area contributed by atoms with Crippen LogP contribution >= 0.6 is 11.6 Å². The lowest BCUT2D eigenvalue weighted by Crippen LogP contribution is -2.44. The Kier molecular flexibility index (Phi) is 7.19. The molecule has 2 aromatic carbocycles. The molecule has 0 bridgehead atoms. The number of ether oxygens (including phenoxy) is 2. The molecule has 0 saturated carbocycles. The van der Waals surface area contributed by atoms with Crippen LogP contribution < -0.4 is 11.1 Å². The lowest BCUT2D eigenvalue weighted by molar-refractivity contribution is -0.145. The fourth-order valence-electron chi connectivity index (χ4n) is 2.31. The third kappa shape index (κ3) is 6.00. The summed E-state index contributed by atoms with van der Waals surface area (Å²) >= 11 is 5.79. The van der Waals surface area contributed by atoms with Crippen molar-refractivity contribution < 1.29 is 23.9 Å². The fourth-order valence-corrected chi connectivity index (χ4v) is 2.42. The normalized spacial score (nSPS) is 11.3. The molecular formula is C19H19ClN2O5. The summed E-state index contributed by atoms with van der Waals surface area (Å²) in [6, 6.07) is 12.5. The van der Waals surface area contributed by atoms with Crippen LogP contribution in [0.2, 0.25) is 5.02 Å². The van der Waals surface area contributed by atoms with Gasteiger partial charge in [0.05, 0.1) is 23.4 Å². The number of carbonyl (C=O) groups is 3. The number of nitrogens with two attached hydrogens (primary N) is 1. The number of esters is 2. The van der Waals surface area contributed by atoms with Crippen LogP contribution in [0.5, 0.6) is 0 Å². The Morgan fingerprint density at radius 3 is 2.48 bits per heavy atom. The van der Waals surface area contributed by atoms with Crippen LogP contribution in [0.25, 0.3) is 0 Å². The van der Waals surface area contributed by atoms with Gasteiger partial charge < -0.3 is 20.5 Å². The molecular weight excluding hydrogens is 372 g/mol. The summed E-state index contributed by atoms with van der Waals surface area (Å²) in [4.78, 5) is 36.0. The van der Waals surface area contributed by atoms with Gasteiger partial charge in [-0.05, 0) is 23.8 Å². The Bertz CT molecular complexity index is 826. The molecule has 0 radical (unpaired) electrons. The van der Waals surface area contributed by atoms with E-state index in [-0.39, 0.29) is 17.7 Å². The number of methoxy groups -OCH3 is 1. The molecule has 3 N–H and O–H groups in total. The minimum absolute atomic E-state index is 0.165. The highest BCUT2D eigenvalue weighted by Gasteiger charge is 2.22. The highest BCUT2D eigenvalue weighted by atomic mass is 35.5. The minimum atomic E-state index is -0.894.